The van der Waals surface area contributed by atoms with Crippen LogP contribution >= 0.6 is 11.3 Å². The highest BCUT2D eigenvalue weighted by Gasteiger charge is 2.24. The summed E-state index contributed by atoms with van der Waals surface area (Å²) in [5.41, 5.74) is 13.2. The van der Waals surface area contributed by atoms with E-state index in [1.807, 2.05) is 11.3 Å². The average Bonchev–Trinajstić information content (AvgIpc) is 3.87. The van der Waals surface area contributed by atoms with E-state index in [4.69, 9.17) is 0 Å². The van der Waals surface area contributed by atoms with E-state index in [9.17, 15) is 0 Å². The predicted octanol–water partition coefficient (Wildman–Crippen LogP) is 13.7. The molecule has 0 unspecified atom stereocenters. The van der Waals surface area contributed by atoms with Gasteiger partial charge in [-0.15, -0.1) is 11.3 Å². The van der Waals surface area contributed by atoms with Crippen LogP contribution in [0.3, 0.4) is 0 Å². The van der Waals surface area contributed by atoms with Gasteiger partial charge in [-0.3, -0.25) is 0 Å². The molecule has 0 aliphatic carbocycles. The number of nitrogens with zero attached hydrogens (tertiary/aromatic N) is 3. The van der Waals surface area contributed by atoms with E-state index in [1.165, 1.54) is 91.6 Å². The fourth-order valence-corrected chi connectivity index (χ4v) is 10.0. The smallest absolute Gasteiger partial charge is 0.0789 e. The largest absolute Gasteiger partial charge is 0.309 e. The Kier molecular flexibility index (Phi) is 5.65. The zero-order chi connectivity index (χ0) is 33.9. The summed E-state index contributed by atoms with van der Waals surface area (Å²) in [6, 6.07) is 64.7. The fraction of sp³-hybridized carbons (Fsp3) is 0. The number of rotatable bonds is 4. The van der Waals surface area contributed by atoms with Crippen molar-refractivity contribution in [3.63, 3.8) is 0 Å². The molecule has 0 saturated heterocycles. The van der Waals surface area contributed by atoms with Crippen molar-refractivity contribution < 1.29 is 0 Å². The molecule has 8 aromatic carbocycles. The minimum atomic E-state index is 1.12. The lowest BCUT2D eigenvalue weighted by Gasteiger charge is -2.27. The van der Waals surface area contributed by atoms with Crippen molar-refractivity contribution in [2.24, 2.45) is 0 Å². The van der Waals surface area contributed by atoms with Crippen molar-refractivity contribution in [2.75, 3.05) is 4.90 Å². The molecule has 12 aromatic rings. The molecule has 0 aliphatic heterocycles. The summed E-state index contributed by atoms with van der Waals surface area (Å²) in [7, 11) is 0. The monoisotopic (exact) mass is 679 g/mol. The van der Waals surface area contributed by atoms with Gasteiger partial charge in [-0.1, -0.05) is 121 Å². The quantitative estimate of drug-likeness (QED) is 0.169. The van der Waals surface area contributed by atoms with Gasteiger partial charge in [0.05, 0.1) is 43.5 Å². The predicted molar refractivity (Wildman–Crippen MR) is 223 cm³/mol. The number of hydrogen-bond acceptors (Lipinski definition) is 2. The van der Waals surface area contributed by atoms with Crippen molar-refractivity contribution in [1.29, 1.82) is 0 Å². The van der Waals surface area contributed by atoms with Crippen molar-refractivity contribution in [3.05, 3.63) is 176 Å². The molecule has 0 radical (unpaired) electrons. The van der Waals surface area contributed by atoms with Crippen LogP contribution < -0.4 is 4.90 Å². The second-order valence-corrected chi connectivity index (χ2v) is 14.8. The van der Waals surface area contributed by atoms with Crippen molar-refractivity contribution in [1.82, 2.24) is 8.80 Å². The van der Waals surface area contributed by atoms with Crippen LogP contribution in [0.25, 0.3) is 85.9 Å². The molecule has 52 heavy (non-hydrogen) atoms. The van der Waals surface area contributed by atoms with E-state index in [1.54, 1.807) is 0 Å². The molecule has 0 spiro atoms. The van der Waals surface area contributed by atoms with E-state index < -0.39 is 0 Å². The third-order valence-corrected chi connectivity index (χ3v) is 12.2. The summed E-state index contributed by atoms with van der Waals surface area (Å²) in [6.45, 7) is 0. The second-order valence-electron chi connectivity index (χ2n) is 13.7. The Balaban J connectivity index is 1.22. The molecule has 0 bridgehead atoms. The zero-order valence-corrected chi connectivity index (χ0v) is 28.8. The highest BCUT2D eigenvalue weighted by Crippen LogP contribution is 2.47. The molecule has 0 amide bonds. The molecule has 0 saturated carbocycles. The summed E-state index contributed by atoms with van der Waals surface area (Å²) in [6.07, 6.45) is 0. The fourth-order valence-electron chi connectivity index (χ4n) is 8.81. The molecule has 12 rings (SSSR count). The summed E-state index contributed by atoms with van der Waals surface area (Å²) in [4.78, 5) is 2.47. The molecule has 0 N–H and O–H groups in total. The molecule has 242 valence electrons. The van der Waals surface area contributed by atoms with E-state index in [-0.39, 0.29) is 0 Å². The van der Waals surface area contributed by atoms with Gasteiger partial charge in [0.25, 0.3) is 0 Å². The summed E-state index contributed by atoms with van der Waals surface area (Å²) < 4.78 is 7.60. The summed E-state index contributed by atoms with van der Waals surface area (Å²) in [5.74, 6) is 0. The first-order valence-corrected chi connectivity index (χ1v) is 18.6. The Morgan fingerprint density at radius 2 is 0.962 bits per heavy atom. The van der Waals surface area contributed by atoms with Crippen molar-refractivity contribution in [3.8, 4) is 11.1 Å². The average molecular weight is 680 g/mol. The number of aromatic nitrogens is 2. The van der Waals surface area contributed by atoms with Crippen LogP contribution in [0, 0.1) is 0 Å². The number of anilines is 3. The molecular formula is C48H29N3S. The first-order valence-electron chi connectivity index (χ1n) is 17.8. The van der Waals surface area contributed by atoms with E-state index >= 15 is 0 Å². The molecular weight excluding hydrogens is 651 g/mol. The highest BCUT2D eigenvalue weighted by molar-refractivity contribution is 7.26. The summed E-state index contributed by atoms with van der Waals surface area (Å²) >= 11 is 1.87. The molecule has 4 heteroatoms. The standard InChI is InChI=1S/C48H29N3S/c1-2-12-30(13-3-1)31-14-10-15-32(28-31)49(43-22-11-19-39-36-18-6-9-23-45(36)52-48(39)43)33-24-27-42-44(29-33)51-41-21-8-5-17-35(41)38-26-25-37-34-16-4-7-20-40(34)50(42)46(37)47(38)51/h1-29H. The van der Waals surface area contributed by atoms with Gasteiger partial charge >= 0.3 is 0 Å². The first kappa shape index (κ1) is 28.1. The Bertz CT molecular complexity index is 3360. The van der Waals surface area contributed by atoms with Gasteiger partial charge in [-0.25, -0.2) is 0 Å². The van der Waals surface area contributed by atoms with E-state index in [0.29, 0.717) is 0 Å². The maximum atomic E-state index is 2.52. The number of benzene rings is 8. The van der Waals surface area contributed by atoms with Crippen molar-refractivity contribution in [2.45, 2.75) is 0 Å². The second kappa shape index (κ2) is 10.5. The van der Waals surface area contributed by atoms with Gasteiger partial charge in [0.1, 0.15) is 0 Å². The number of fused-ring (bicyclic) bond motifs is 12. The van der Waals surface area contributed by atoms with Crippen LogP contribution in [-0.2, 0) is 0 Å². The maximum absolute atomic E-state index is 2.52. The van der Waals surface area contributed by atoms with Crippen molar-refractivity contribution >= 4 is 103 Å². The van der Waals surface area contributed by atoms with Gasteiger partial charge < -0.3 is 13.7 Å². The Labute approximate surface area is 302 Å². The molecule has 0 atom stereocenters. The highest BCUT2D eigenvalue weighted by atomic mass is 32.1. The van der Waals surface area contributed by atoms with Crippen LogP contribution in [0.2, 0.25) is 0 Å². The van der Waals surface area contributed by atoms with Crippen LogP contribution in [0.15, 0.2) is 176 Å². The van der Waals surface area contributed by atoms with Crippen LogP contribution in [0.1, 0.15) is 0 Å². The third kappa shape index (κ3) is 3.74. The van der Waals surface area contributed by atoms with Crippen LogP contribution in [0.4, 0.5) is 17.1 Å². The van der Waals surface area contributed by atoms with Crippen LogP contribution in [0.5, 0.6) is 0 Å². The summed E-state index contributed by atoms with van der Waals surface area (Å²) in [5, 5.41) is 7.71. The molecule has 4 heterocycles. The topological polar surface area (TPSA) is 12.1 Å². The van der Waals surface area contributed by atoms with E-state index in [2.05, 4.69) is 190 Å². The van der Waals surface area contributed by atoms with Gasteiger partial charge in [0.15, 0.2) is 0 Å². The van der Waals surface area contributed by atoms with Crippen LogP contribution in [-0.4, -0.2) is 8.80 Å². The Morgan fingerprint density at radius 1 is 0.365 bits per heavy atom. The first-order chi connectivity index (χ1) is 25.8. The van der Waals surface area contributed by atoms with Gasteiger partial charge in [0.2, 0.25) is 0 Å². The molecule has 4 aromatic heterocycles. The lowest BCUT2D eigenvalue weighted by atomic mass is 10.0. The van der Waals surface area contributed by atoms with E-state index in [0.717, 1.165) is 11.4 Å². The molecule has 3 nitrogen and oxygen atoms in total. The third-order valence-electron chi connectivity index (χ3n) is 11.0. The lowest BCUT2D eigenvalue weighted by molar-refractivity contribution is 1.24. The van der Waals surface area contributed by atoms with Gasteiger partial charge in [-0.2, -0.15) is 0 Å². The molecule has 0 fully saturated rings. The Morgan fingerprint density at radius 3 is 1.73 bits per heavy atom. The van der Waals surface area contributed by atoms with Gasteiger partial charge in [0, 0.05) is 48.4 Å². The number of thiophene rings is 1. The SMILES string of the molecule is c1ccc(-c2cccc(N(c3ccc4c(c3)n3c5ccccc5c5ccc6c7ccccc7n4c6c53)c3cccc4c3sc3ccccc34)c2)cc1. The zero-order valence-electron chi connectivity index (χ0n) is 28.0. The number of hydrogen-bond donors (Lipinski definition) is 0. The minimum absolute atomic E-state index is 1.12. The number of para-hydroxylation sites is 2. The lowest BCUT2D eigenvalue weighted by Crippen LogP contribution is -2.11. The van der Waals surface area contributed by atoms with Gasteiger partial charge in [-0.05, 0) is 65.7 Å². The minimum Gasteiger partial charge on any atom is -0.309 e. The molecule has 0 aliphatic rings. The normalized spacial score (nSPS) is 12.2. The maximum Gasteiger partial charge on any atom is 0.0789 e. The Hall–Kier alpha value is -6.62.